The molecule has 1 fully saturated rings. The Balaban J connectivity index is 2.03. The minimum Gasteiger partial charge on any atom is -0.313 e. The highest BCUT2D eigenvalue weighted by Crippen LogP contribution is 2.29. The fraction of sp³-hybridized carbons (Fsp3) is 1.00. The van der Waals surface area contributed by atoms with E-state index >= 15 is 0 Å². The molecule has 5 heteroatoms. The molecule has 0 atom stereocenters. The van der Waals surface area contributed by atoms with Gasteiger partial charge in [0.25, 0.3) is 0 Å². The van der Waals surface area contributed by atoms with E-state index in [1.807, 2.05) is 0 Å². The Kier molecular flexibility index (Phi) is 5.82. The SMILES string of the molecule is FC(F)(F)SCCNC1CCCCCC1. The zero-order chi connectivity index (χ0) is 11.1. The van der Waals surface area contributed by atoms with E-state index in [9.17, 15) is 13.2 Å². The molecule has 1 aliphatic rings. The quantitative estimate of drug-likeness (QED) is 0.596. The zero-order valence-electron chi connectivity index (χ0n) is 8.78. The topological polar surface area (TPSA) is 12.0 Å². The number of thioether (sulfide) groups is 1. The Labute approximate surface area is 93.2 Å². The molecular formula is C10H18F3NS. The number of hydrogen-bond donors (Lipinski definition) is 1. The van der Waals surface area contributed by atoms with Crippen molar-refractivity contribution in [1.82, 2.24) is 5.32 Å². The first-order chi connectivity index (χ1) is 7.08. The normalized spacial score (nSPS) is 20.2. The first kappa shape index (κ1) is 13.2. The van der Waals surface area contributed by atoms with Crippen LogP contribution in [0, 0.1) is 0 Å². The van der Waals surface area contributed by atoms with Crippen LogP contribution >= 0.6 is 11.8 Å². The van der Waals surface area contributed by atoms with E-state index in [1.165, 1.54) is 25.7 Å². The van der Waals surface area contributed by atoms with Crippen molar-refractivity contribution in [3.8, 4) is 0 Å². The minimum atomic E-state index is -4.08. The van der Waals surface area contributed by atoms with E-state index < -0.39 is 5.51 Å². The number of rotatable bonds is 4. The number of hydrogen-bond acceptors (Lipinski definition) is 2. The molecule has 1 aliphatic carbocycles. The molecule has 0 aromatic heterocycles. The second-order valence-electron chi connectivity index (χ2n) is 3.94. The third kappa shape index (κ3) is 7.06. The summed E-state index contributed by atoms with van der Waals surface area (Å²) in [5, 5.41) is 3.21. The molecule has 15 heavy (non-hydrogen) atoms. The Morgan fingerprint density at radius 2 is 1.67 bits per heavy atom. The highest BCUT2D eigenvalue weighted by atomic mass is 32.2. The summed E-state index contributed by atoms with van der Waals surface area (Å²) in [7, 11) is 0. The second kappa shape index (κ2) is 6.63. The fourth-order valence-electron chi connectivity index (χ4n) is 1.91. The molecule has 0 heterocycles. The van der Waals surface area contributed by atoms with Gasteiger partial charge in [-0.25, -0.2) is 0 Å². The van der Waals surface area contributed by atoms with Gasteiger partial charge in [-0.3, -0.25) is 0 Å². The lowest BCUT2D eigenvalue weighted by molar-refractivity contribution is -0.0327. The molecule has 1 nitrogen and oxygen atoms in total. The van der Waals surface area contributed by atoms with Crippen LogP contribution in [0.25, 0.3) is 0 Å². The van der Waals surface area contributed by atoms with Crippen LogP contribution < -0.4 is 5.32 Å². The van der Waals surface area contributed by atoms with Gasteiger partial charge in [-0.1, -0.05) is 25.7 Å². The predicted molar refractivity (Wildman–Crippen MR) is 58.0 cm³/mol. The van der Waals surface area contributed by atoms with Gasteiger partial charge < -0.3 is 5.32 Å². The van der Waals surface area contributed by atoms with Crippen LogP contribution in [0.15, 0.2) is 0 Å². The van der Waals surface area contributed by atoms with Crippen molar-refractivity contribution in [3.63, 3.8) is 0 Å². The molecule has 0 bridgehead atoms. The van der Waals surface area contributed by atoms with E-state index in [-0.39, 0.29) is 17.5 Å². The van der Waals surface area contributed by atoms with Crippen molar-refractivity contribution < 1.29 is 13.2 Å². The highest BCUT2D eigenvalue weighted by molar-refractivity contribution is 8.00. The van der Waals surface area contributed by atoms with Gasteiger partial charge in [0.05, 0.1) is 0 Å². The van der Waals surface area contributed by atoms with Crippen molar-refractivity contribution in [3.05, 3.63) is 0 Å². The maximum atomic E-state index is 11.8. The summed E-state index contributed by atoms with van der Waals surface area (Å²) in [6, 6.07) is 0.446. The number of halogens is 3. The maximum Gasteiger partial charge on any atom is 0.441 e. The Morgan fingerprint density at radius 3 is 2.20 bits per heavy atom. The standard InChI is InChI=1S/C10H18F3NS/c11-10(12,13)15-8-7-14-9-5-3-1-2-4-6-9/h9,14H,1-8H2. The van der Waals surface area contributed by atoms with Crippen molar-refractivity contribution in [2.45, 2.75) is 50.1 Å². The lowest BCUT2D eigenvalue weighted by Crippen LogP contribution is -2.30. The van der Waals surface area contributed by atoms with Gasteiger partial charge in [0, 0.05) is 18.3 Å². The third-order valence-corrected chi connectivity index (χ3v) is 3.39. The van der Waals surface area contributed by atoms with Gasteiger partial charge in [0.2, 0.25) is 0 Å². The van der Waals surface area contributed by atoms with Gasteiger partial charge in [-0.15, -0.1) is 0 Å². The average Bonchev–Trinajstić information content (AvgIpc) is 2.39. The molecule has 0 aliphatic heterocycles. The van der Waals surface area contributed by atoms with Crippen LogP contribution in [0.1, 0.15) is 38.5 Å². The predicted octanol–water partition coefficient (Wildman–Crippen LogP) is 3.55. The Bertz CT molecular complexity index is 165. The molecule has 1 rings (SSSR count). The maximum absolute atomic E-state index is 11.8. The van der Waals surface area contributed by atoms with Gasteiger partial charge in [0.15, 0.2) is 0 Å². The summed E-state index contributed by atoms with van der Waals surface area (Å²) >= 11 is 0.0649. The van der Waals surface area contributed by atoms with Gasteiger partial charge >= 0.3 is 5.51 Å². The molecule has 90 valence electrons. The minimum absolute atomic E-state index is 0.0649. The lowest BCUT2D eigenvalue weighted by atomic mass is 10.1. The Hall–Kier alpha value is 0.1000. The van der Waals surface area contributed by atoms with Crippen LogP contribution in [0.5, 0.6) is 0 Å². The van der Waals surface area contributed by atoms with E-state index in [2.05, 4.69) is 5.32 Å². The molecule has 0 radical (unpaired) electrons. The van der Waals surface area contributed by atoms with Crippen molar-refractivity contribution in [2.75, 3.05) is 12.3 Å². The molecule has 0 unspecified atom stereocenters. The largest absolute Gasteiger partial charge is 0.441 e. The van der Waals surface area contributed by atoms with Crippen LogP contribution in [0.3, 0.4) is 0 Å². The molecule has 0 spiro atoms. The van der Waals surface area contributed by atoms with Crippen LogP contribution in [0.4, 0.5) is 13.2 Å². The summed E-state index contributed by atoms with van der Waals surface area (Å²) in [4.78, 5) is 0. The molecule has 0 aromatic carbocycles. The van der Waals surface area contributed by atoms with Crippen LogP contribution in [-0.4, -0.2) is 23.8 Å². The van der Waals surface area contributed by atoms with Crippen LogP contribution in [-0.2, 0) is 0 Å². The monoisotopic (exact) mass is 241 g/mol. The second-order valence-corrected chi connectivity index (χ2v) is 5.10. The van der Waals surface area contributed by atoms with Crippen LogP contribution in [0.2, 0.25) is 0 Å². The molecule has 1 saturated carbocycles. The Morgan fingerprint density at radius 1 is 1.07 bits per heavy atom. The average molecular weight is 241 g/mol. The van der Waals surface area contributed by atoms with Gasteiger partial charge in [-0.2, -0.15) is 13.2 Å². The van der Waals surface area contributed by atoms with E-state index in [1.54, 1.807) is 0 Å². The molecule has 1 N–H and O–H groups in total. The summed E-state index contributed by atoms with van der Waals surface area (Å²) in [6.07, 6.45) is 7.21. The van der Waals surface area contributed by atoms with Crippen molar-refractivity contribution >= 4 is 11.8 Å². The molecule has 0 saturated heterocycles. The van der Waals surface area contributed by atoms with Gasteiger partial charge in [0.1, 0.15) is 0 Å². The zero-order valence-corrected chi connectivity index (χ0v) is 9.59. The fourth-order valence-corrected chi connectivity index (χ4v) is 2.36. The number of nitrogens with one attached hydrogen (secondary N) is 1. The smallest absolute Gasteiger partial charge is 0.313 e. The first-order valence-electron chi connectivity index (χ1n) is 5.52. The highest BCUT2D eigenvalue weighted by Gasteiger charge is 2.27. The lowest BCUT2D eigenvalue weighted by Gasteiger charge is -2.16. The van der Waals surface area contributed by atoms with Crippen molar-refractivity contribution in [2.24, 2.45) is 0 Å². The number of alkyl halides is 3. The molecular weight excluding hydrogens is 223 g/mol. The van der Waals surface area contributed by atoms with Crippen molar-refractivity contribution in [1.29, 1.82) is 0 Å². The summed E-state index contributed by atoms with van der Waals surface area (Å²) in [5.41, 5.74) is -4.08. The molecule has 0 aromatic rings. The van der Waals surface area contributed by atoms with E-state index in [4.69, 9.17) is 0 Å². The van der Waals surface area contributed by atoms with Gasteiger partial charge in [-0.05, 0) is 24.6 Å². The first-order valence-corrected chi connectivity index (χ1v) is 6.50. The molecule has 0 amide bonds. The van der Waals surface area contributed by atoms with E-state index in [0.717, 1.165) is 12.8 Å². The summed E-state index contributed by atoms with van der Waals surface area (Å²) in [6.45, 7) is 0.467. The summed E-state index contributed by atoms with van der Waals surface area (Å²) < 4.78 is 35.5. The third-order valence-electron chi connectivity index (χ3n) is 2.66. The van der Waals surface area contributed by atoms with E-state index in [0.29, 0.717) is 12.6 Å². The summed E-state index contributed by atoms with van der Waals surface area (Å²) in [5.74, 6) is 0.125.